The first-order chi connectivity index (χ1) is 7.61. The molecule has 5 nitrogen and oxygen atoms in total. The molecule has 2 rings (SSSR count). The van der Waals surface area contributed by atoms with E-state index in [-0.39, 0.29) is 11.2 Å². The van der Waals surface area contributed by atoms with Crippen molar-refractivity contribution >= 4 is 5.57 Å². The Morgan fingerprint density at radius 2 is 2.00 bits per heavy atom. The summed E-state index contributed by atoms with van der Waals surface area (Å²) in [6.45, 7) is 1.67. The molecule has 0 spiro atoms. The van der Waals surface area contributed by atoms with Gasteiger partial charge in [-0.2, -0.15) is 0 Å². The van der Waals surface area contributed by atoms with Gasteiger partial charge >= 0.3 is 5.69 Å². The van der Waals surface area contributed by atoms with E-state index in [0.717, 1.165) is 35.3 Å². The number of aromatic nitrogens is 2. The van der Waals surface area contributed by atoms with Gasteiger partial charge < -0.3 is 5.32 Å². The van der Waals surface area contributed by atoms with Crippen molar-refractivity contribution in [3.63, 3.8) is 0 Å². The third-order valence-corrected chi connectivity index (χ3v) is 2.92. The van der Waals surface area contributed by atoms with Crippen LogP contribution in [0.3, 0.4) is 0 Å². The smallest absolute Gasteiger partial charge is 0.313 e. The topological polar surface area (TPSA) is 56.0 Å². The molecule has 0 bridgehead atoms. The Morgan fingerprint density at radius 1 is 1.25 bits per heavy atom. The fraction of sp³-hybridized carbons (Fsp3) is 0.455. The van der Waals surface area contributed by atoms with Crippen LogP contribution in [0.4, 0.5) is 0 Å². The first kappa shape index (κ1) is 10.9. The molecule has 0 atom stereocenters. The van der Waals surface area contributed by atoms with Gasteiger partial charge in [0.1, 0.15) is 0 Å². The zero-order valence-electron chi connectivity index (χ0n) is 9.49. The van der Waals surface area contributed by atoms with Crippen LogP contribution < -0.4 is 16.6 Å². The number of nitrogens with zero attached hydrogens (tertiary/aromatic N) is 2. The summed E-state index contributed by atoms with van der Waals surface area (Å²) in [5.41, 5.74) is 1.27. The molecule has 1 aliphatic heterocycles. The van der Waals surface area contributed by atoms with E-state index >= 15 is 0 Å². The molecule has 1 aromatic heterocycles. The molecule has 0 saturated carbocycles. The third kappa shape index (κ3) is 1.74. The predicted octanol–water partition coefficient (Wildman–Crippen LogP) is -0.539. The van der Waals surface area contributed by atoms with Gasteiger partial charge in [0.25, 0.3) is 5.56 Å². The monoisotopic (exact) mass is 221 g/mol. The lowest BCUT2D eigenvalue weighted by atomic mass is 10.1. The summed E-state index contributed by atoms with van der Waals surface area (Å²) < 4.78 is 2.64. The molecule has 0 fully saturated rings. The van der Waals surface area contributed by atoms with Gasteiger partial charge in [-0.3, -0.25) is 13.9 Å². The number of hydrogen-bond acceptors (Lipinski definition) is 3. The Morgan fingerprint density at radius 3 is 2.62 bits per heavy atom. The average molecular weight is 221 g/mol. The highest BCUT2D eigenvalue weighted by molar-refractivity contribution is 5.63. The van der Waals surface area contributed by atoms with Crippen LogP contribution in [0.2, 0.25) is 0 Å². The molecule has 5 heteroatoms. The van der Waals surface area contributed by atoms with Gasteiger partial charge in [0.15, 0.2) is 0 Å². The largest absolute Gasteiger partial charge is 0.330 e. The minimum Gasteiger partial charge on any atom is -0.313 e. The molecule has 0 amide bonds. The summed E-state index contributed by atoms with van der Waals surface area (Å²) in [6.07, 6.45) is 2.87. The van der Waals surface area contributed by atoms with Gasteiger partial charge in [0.05, 0.1) is 5.69 Å². The van der Waals surface area contributed by atoms with Crippen molar-refractivity contribution in [2.24, 2.45) is 14.1 Å². The van der Waals surface area contributed by atoms with Crippen LogP contribution in [0.25, 0.3) is 5.57 Å². The van der Waals surface area contributed by atoms with E-state index < -0.39 is 0 Å². The van der Waals surface area contributed by atoms with E-state index in [1.807, 2.05) is 6.08 Å². The number of hydrogen-bond donors (Lipinski definition) is 1. The van der Waals surface area contributed by atoms with Crippen molar-refractivity contribution in [3.8, 4) is 0 Å². The Bertz CT molecular complexity index is 551. The second kappa shape index (κ2) is 4.09. The normalized spacial score (nSPS) is 16.0. The Kier molecular flexibility index (Phi) is 2.78. The highest BCUT2D eigenvalue weighted by atomic mass is 16.2. The van der Waals surface area contributed by atoms with Crippen LogP contribution in [0.1, 0.15) is 12.1 Å². The first-order valence-electron chi connectivity index (χ1n) is 5.28. The molecular formula is C11H15N3O2. The summed E-state index contributed by atoms with van der Waals surface area (Å²) >= 11 is 0. The minimum absolute atomic E-state index is 0.252. The van der Waals surface area contributed by atoms with Gasteiger partial charge in [0.2, 0.25) is 0 Å². The van der Waals surface area contributed by atoms with Crippen molar-refractivity contribution in [1.82, 2.24) is 14.5 Å². The van der Waals surface area contributed by atoms with Crippen molar-refractivity contribution < 1.29 is 0 Å². The van der Waals surface area contributed by atoms with Crippen molar-refractivity contribution in [1.29, 1.82) is 0 Å². The van der Waals surface area contributed by atoms with Crippen molar-refractivity contribution in [3.05, 3.63) is 38.7 Å². The minimum atomic E-state index is -0.276. The maximum absolute atomic E-state index is 11.7. The van der Waals surface area contributed by atoms with Gasteiger partial charge in [-0.15, -0.1) is 0 Å². The predicted molar refractivity (Wildman–Crippen MR) is 62.4 cm³/mol. The molecule has 16 heavy (non-hydrogen) atoms. The summed E-state index contributed by atoms with van der Waals surface area (Å²) in [7, 11) is 3.19. The summed E-state index contributed by atoms with van der Waals surface area (Å²) in [5, 5.41) is 3.20. The van der Waals surface area contributed by atoms with E-state index in [1.54, 1.807) is 7.05 Å². The van der Waals surface area contributed by atoms with Crippen LogP contribution >= 0.6 is 0 Å². The van der Waals surface area contributed by atoms with E-state index in [9.17, 15) is 9.59 Å². The van der Waals surface area contributed by atoms with Crippen LogP contribution in [-0.2, 0) is 14.1 Å². The second-order valence-corrected chi connectivity index (χ2v) is 3.95. The quantitative estimate of drug-likeness (QED) is 0.693. The van der Waals surface area contributed by atoms with Crippen molar-refractivity contribution in [2.45, 2.75) is 6.42 Å². The maximum Gasteiger partial charge on any atom is 0.330 e. The molecule has 0 saturated heterocycles. The molecule has 0 aromatic carbocycles. The van der Waals surface area contributed by atoms with Gasteiger partial charge in [-0.05, 0) is 18.5 Å². The standard InChI is InChI=1S/C11H15N3O2/c1-13-9(8-3-5-12-6-4-8)7-10(15)14(2)11(13)16/h3,7,12H,4-6H2,1-2H3. The Labute approximate surface area is 93.0 Å². The SMILES string of the molecule is Cn1c(C2=CCNCC2)cc(=O)n(C)c1=O. The lowest BCUT2D eigenvalue weighted by molar-refractivity contribution is 0.668. The molecule has 86 valence electrons. The lowest BCUT2D eigenvalue weighted by Gasteiger charge is -2.16. The van der Waals surface area contributed by atoms with Gasteiger partial charge in [0, 0.05) is 26.7 Å². The second-order valence-electron chi connectivity index (χ2n) is 3.95. The third-order valence-electron chi connectivity index (χ3n) is 2.92. The highest BCUT2D eigenvalue weighted by Crippen LogP contribution is 2.16. The first-order valence-corrected chi connectivity index (χ1v) is 5.28. The zero-order chi connectivity index (χ0) is 11.7. The van der Waals surface area contributed by atoms with Gasteiger partial charge in [-0.1, -0.05) is 6.08 Å². The highest BCUT2D eigenvalue weighted by Gasteiger charge is 2.11. The fourth-order valence-corrected chi connectivity index (χ4v) is 1.90. The number of rotatable bonds is 1. The molecule has 1 aromatic rings. The molecule has 2 heterocycles. The molecule has 1 aliphatic rings. The summed E-state index contributed by atoms with van der Waals surface area (Å²) in [6, 6.07) is 1.53. The van der Waals surface area contributed by atoms with Crippen LogP contribution in [0, 0.1) is 0 Å². The van der Waals surface area contributed by atoms with E-state index in [0.29, 0.717) is 0 Å². The zero-order valence-corrected chi connectivity index (χ0v) is 9.49. The average Bonchev–Trinajstić information content (AvgIpc) is 2.32. The van der Waals surface area contributed by atoms with E-state index in [1.165, 1.54) is 17.7 Å². The van der Waals surface area contributed by atoms with E-state index in [4.69, 9.17) is 0 Å². The maximum atomic E-state index is 11.7. The van der Waals surface area contributed by atoms with Crippen LogP contribution in [-0.4, -0.2) is 22.2 Å². The lowest BCUT2D eigenvalue weighted by Crippen LogP contribution is -2.38. The molecule has 0 unspecified atom stereocenters. The molecule has 0 radical (unpaired) electrons. The molecule has 1 N–H and O–H groups in total. The summed E-state index contributed by atoms with van der Waals surface area (Å²) in [4.78, 5) is 23.3. The van der Waals surface area contributed by atoms with Crippen molar-refractivity contribution in [2.75, 3.05) is 13.1 Å². The van der Waals surface area contributed by atoms with E-state index in [2.05, 4.69) is 5.32 Å². The molecule has 0 aliphatic carbocycles. The Balaban J connectivity index is 2.62. The Hall–Kier alpha value is -1.62. The van der Waals surface area contributed by atoms with Crippen LogP contribution in [0.15, 0.2) is 21.7 Å². The fourth-order valence-electron chi connectivity index (χ4n) is 1.90. The number of nitrogens with one attached hydrogen (secondary N) is 1. The van der Waals surface area contributed by atoms with Gasteiger partial charge in [-0.25, -0.2) is 4.79 Å². The van der Waals surface area contributed by atoms with Crippen LogP contribution in [0.5, 0.6) is 0 Å². The summed E-state index contributed by atoms with van der Waals surface area (Å²) in [5.74, 6) is 0. The molecular weight excluding hydrogens is 206 g/mol.